The maximum Gasteiger partial charge on any atom is 0.407 e. The van der Waals surface area contributed by atoms with E-state index < -0.39 is 0 Å². The number of hydrogen-bond acceptors (Lipinski definition) is 3. The van der Waals surface area contributed by atoms with Gasteiger partial charge in [0.25, 0.3) is 0 Å². The molecule has 1 aliphatic heterocycles. The van der Waals surface area contributed by atoms with Crippen molar-refractivity contribution in [3.05, 3.63) is 0 Å². The molecule has 1 rings (SSSR count). The summed E-state index contributed by atoms with van der Waals surface area (Å²) < 4.78 is 4.85. The van der Waals surface area contributed by atoms with Crippen molar-refractivity contribution in [2.75, 3.05) is 26.7 Å². The van der Waals surface area contributed by atoms with Crippen LogP contribution < -0.4 is 5.32 Å². The molecule has 1 aliphatic rings. The van der Waals surface area contributed by atoms with E-state index in [2.05, 4.69) is 24.2 Å². The number of carbonyl (C=O) groups excluding carboxylic acids is 1. The summed E-state index contributed by atoms with van der Waals surface area (Å²) >= 11 is 0. The molecule has 2 unspecified atom stereocenters. The largest absolute Gasteiger partial charge is 0.450 e. The summed E-state index contributed by atoms with van der Waals surface area (Å²) in [5.74, 6) is 0.640. The lowest BCUT2D eigenvalue weighted by Gasteiger charge is -2.34. The predicted molar refractivity (Wildman–Crippen MR) is 55.2 cm³/mol. The molecule has 2 atom stereocenters. The molecule has 0 saturated carbocycles. The standard InChI is InChI=1S/C10H20N2O2/c1-4-14-10(13)11-9-5-8(2)6-12(3)7-9/h8-9H,4-7H2,1-3H3,(H,11,13). The summed E-state index contributed by atoms with van der Waals surface area (Å²) in [6, 6.07) is 0.239. The number of likely N-dealkylation sites (tertiary alicyclic amines) is 1. The molecule has 82 valence electrons. The first-order valence-electron chi connectivity index (χ1n) is 5.23. The van der Waals surface area contributed by atoms with E-state index >= 15 is 0 Å². The van der Waals surface area contributed by atoms with Crippen molar-refractivity contribution in [2.24, 2.45) is 5.92 Å². The van der Waals surface area contributed by atoms with Crippen LogP contribution in [0.5, 0.6) is 0 Å². The van der Waals surface area contributed by atoms with Crippen LogP contribution in [0.25, 0.3) is 0 Å². The Hall–Kier alpha value is -0.770. The Kier molecular flexibility index (Phi) is 4.20. The minimum absolute atomic E-state index is 0.239. The number of piperidine rings is 1. The van der Waals surface area contributed by atoms with Crippen LogP contribution in [0.3, 0.4) is 0 Å². The molecule has 1 fully saturated rings. The molecular weight excluding hydrogens is 180 g/mol. The van der Waals surface area contributed by atoms with E-state index in [1.165, 1.54) is 0 Å². The molecule has 0 bridgehead atoms. The number of nitrogens with zero attached hydrogens (tertiary/aromatic N) is 1. The van der Waals surface area contributed by atoms with E-state index in [-0.39, 0.29) is 12.1 Å². The Morgan fingerprint density at radius 3 is 2.86 bits per heavy atom. The average molecular weight is 200 g/mol. The van der Waals surface area contributed by atoms with Gasteiger partial charge in [0.05, 0.1) is 6.61 Å². The van der Waals surface area contributed by atoms with Crippen molar-refractivity contribution in [2.45, 2.75) is 26.3 Å². The smallest absolute Gasteiger partial charge is 0.407 e. The molecule has 1 heterocycles. The van der Waals surface area contributed by atoms with E-state index in [0.29, 0.717) is 12.5 Å². The number of carbonyl (C=O) groups is 1. The Morgan fingerprint density at radius 2 is 2.29 bits per heavy atom. The first-order valence-corrected chi connectivity index (χ1v) is 5.23. The zero-order valence-corrected chi connectivity index (χ0v) is 9.25. The van der Waals surface area contributed by atoms with Gasteiger partial charge in [-0.1, -0.05) is 6.92 Å². The molecule has 1 N–H and O–H groups in total. The van der Waals surface area contributed by atoms with Crippen LogP contribution in [-0.2, 0) is 4.74 Å². The zero-order chi connectivity index (χ0) is 10.6. The fraction of sp³-hybridized carbons (Fsp3) is 0.900. The lowest BCUT2D eigenvalue weighted by molar-refractivity contribution is 0.130. The molecule has 1 amide bonds. The second-order valence-electron chi connectivity index (χ2n) is 4.12. The molecule has 4 nitrogen and oxygen atoms in total. The number of amides is 1. The second kappa shape index (κ2) is 5.20. The van der Waals surface area contributed by atoms with Gasteiger partial charge in [0.1, 0.15) is 0 Å². The quantitative estimate of drug-likeness (QED) is 0.725. The van der Waals surface area contributed by atoms with Crippen molar-refractivity contribution in [1.82, 2.24) is 10.2 Å². The number of likely N-dealkylation sites (N-methyl/N-ethyl adjacent to an activating group) is 1. The minimum Gasteiger partial charge on any atom is -0.450 e. The lowest BCUT2D eigenvalue weighted by atomic mass is 9.97. The molecule has 0 radical (unpaired) electrons. The van der Waals surface area contributed by atoms with Crippen LogP contribution in [0, 0.1) is 5.92 Å². The fourth-order valence-corrected chi connectivity index (χ4v) is 2.06. The van der Waals surface area contributed by atoms with Gasteiger partial charge in [0.2, 0.25) is 0 Å². The summed E-state index contributed by atoms with van der Waals surface area (Å²) in [7, 11) is 2.08. The van der Waals surface area contributed by atoms with Crippen LogP contribution in [0.2, 0.25) is 0 Å². The van der Waals surface area contributed by atoms with E-state index in [4.69, 9.17) is 4.74 Å². The topological polar surface area (TPSA) is 41.6 Å². The first kappa shape index (κ1) is 11.3. The minimum atomic E-state index is -0.292. The van der Waals surface area contributed by atoms with Crippen LogP contribution in [0.4, 0.5) is 4.79 Å². The zero-order valence-electron chi connectivity index (χ0n) is 9.25. The van der Waals surface area contributed by atoms with Crippen molar-refractivity contribution >= 4 is 6.09 Å². The van der Waals surface area contributed by atoms with E-state index in [1.54, 1.807) is 0 Å². The summed E-state index contributed by atoms with van der Waals surface area (Å²) in [6.45, 7) is 6.48. The first-order chi connectivity index (χ1) is 6.61. The summed E-state index contributed by atoms with van der Waals surface area (Å²) in [5, 5.41) is 2.88. The number of alkyl carbamates (subject to hydrolysis) is 1. The van der Waals surface area contributed by atoms with Crippen molar-refractivity contribution in [1.29, 1.82) is 0 Å². The van der Waals surface area contributed by atoms with Gasteiger partial charge in [-0.05, 0) is 26.3 Å². The highest BCUT2D eigenvalue weighted by molar-refractivity contribution is 5.67. The molecule has 0 spiro atoms. The van der Waals surface area contributed by atoms with Crippen molar-refractivity contribution in [3.8, 4) is 0 Å². The highest BCUT2D eigenvalue weighted by Crippen LogP contribution is 2.14. The predicted octanol–water partition coefficient (Wildman–Crippen LogP) is 1.07. The van der Waals surface area contributed by atoms with Gasteiger partial charge < -0.3 is 15.0 Å². The number of hydrogen-bond donors (Lipinski definition) is 1. The second-order valence-corrected chi connectivity index (χ2v) is 4.12. The van der Waals surface area contributed by atoms with Gasteiger partial charge in [-0.3, -0.25) is 0 Å². The summed E-state index contributed by atoms with van der Waals surface area (Å²) in [4.78, 5) is 13.4. The number of ether oxygens (including phenoxy) is 1. The van der Waals surface area contributed by atoms with Crippen LogP contribution >= 0.6 is 0 Å². The van der Waals surface area contributed by atoms with Gasteiger partial charge >= 0.3 is 6.09 Å². The maximum absolute atomic E-state index is 11.2. The van der Waals surface area contributed by atoms with Gasteiger partial charge in [0.15, 0.2) is 0 Å². The Morgan fingerprint density at radius 1 is 1.57 bits per heavy atom. The highest BCUT2D eigenvalue weighted by atomic mass is 16.5. The summed E-state index contributed by atoms with van der Waals surface area (Å²) in [6.07, 6.45) is 0.753. The number of nitrogens with one attached hydrogen (secondary N) is 1. The van der Waals surface area contributed by atoms with E-state index in [9.17, 15) is 4.79 Å². The van der Waals surface area contributed by atoms with Gasteiger partial charge in [0, 0.05) is 19.1 Å². The van der Waals surface area contributed by atoms with E-state index in [1.807, 2.05) is 6.92 Å². The molecule has 0 aromatic rings. The van der Waals surface area contributed by atoms with Crippen molar-refractivity contribution < 1.29 is 9.53 Å². The Labute approximate surface area is 85.6 Å². The third-order valence-corrected chi connectivity index (χ3v) is 2.44. The molecule has 0 aliphatic carbocycles. The molecule has 0 aromatic heterocycles. The molecule has 1 saturated heterocycles. The average Bonchev–Trinajstić information content (AvgIpc) is 2.01. The molecule has 14 heavy (non-hydrogen) atoms. The van der Waals surface area contributed by atoms with E-state index in [0.717, 1.165) is 19.5 Å². The summed E-state index contributed by atoms with van der Waals surface area (Å²) in [5.41, 5.74) is 0. The maximum atomic E-state index is 11.2. The Bertz CT molecular complexity index is 187. The highest BCUT2D eigenvalue weighted by Gasteiger charge is 2.23. The molecule has 0 aromatic carbocycles. The lowest BCUT2D eigenvalue weighted by Crippen LogP contribution is -2.49. The van der Waals surface area contributed by atoms with Crippen LogP contribution in [0.1, 0.15) is 20.3 Å². The third-order valence-electron chi connectivity index (χ3n) is 2.44. The monoisotopic (exact) mass is 200 g/mol. The SMILES string of the molecule is CCOC(=O)NC1CC(C)CN(C)C1. The van der Waals surface area contributed by atoms with Crippen LogP contribution in [-0.4, -0.2) is 43.8 Å². The van der Waals surface area contributed by atoms with Gasteiger partial charge in [-0.15, -0.1) is 0 Å². The van der Waals surface area contributed by atoms with Gasteiger partial charge in [-0.2, -0.15) is 0 Å². The fourth-order valence-electron chi connectivity index (χ4n) is 2.06. The molecule has 4 heteroatoms. The van der Waals surface area contributed by atoms with Gasteiger partial charge in [-0.25, -0.2) is 4.79 Å². The van der Waals surface area contributed by atoms with Crippen LogP contribution in [0.15, 0.2) is 0 Å². The Balaban J connectivity index is 2.33. The molecular formula is C10H20N2O2. The van der Waals surface area contributed by atoms with Crippen molar-refractivity contribution in [3.63, 3.8) is 0 Å². The normalized spacial score (nSPS) is 28.5. The third kappa shape index (κ3) is 3.54. The number of rotatable bonds is 2.